The first-order valence-electron chi connectivity index (χ1n) is 7.49. The zero-order valence-electron chi connectivity index (χ0n) is 14.2. The lowest BCUT2D eigenvalue weighted by molar-refractivity contribution is -0.119. The van der Waals surface area contributed by atoms with Gasteiger partial charge in [-0.15, -0.1) is 0 Å². The molecular weight excluding hydrogens is 376 g/mol. The molecule has 0 spiro atoms. The molecule has 3 N–H and O–H groups in total. The average molecular weight is 392 g/mol. The van der Waals surface area contributed by atoms with Crippen LogP contribution in [0.1, 0.15) is 20.7 Å². The SMILES string of the molecule is COC(=O)c1ccccc1C(=O)OCC(=O)Nc1ccc(S(N)(=O)=O)cc1. The maximum atomic E-state index is 12.1. The van der Waals surface area contributed by atoms with Crippen LogP contribution in [0.4, 0.5) is 5.69 Å². The van der Waals surface area contributed by atoms with Crippen LogP contribution in [0.5, 0.6) is 0 Å². The summed E-state index contributed by atoms with van der Waals surface area (Å²) in [4.78, 5) is 35.5. The van der Waals surface area contributed by atoms with E-state index < -0.39 is 34.5 Å². The average Bonchev–Trinajstić information content (AvgIpc) is 2.65. The fraction of sp³-hybridized carbons (Fsp3) is 0.118. The monoisotopic (exact) mass is 392 g/mol. The lowest BCUT2D eigenvalue weighted by Gasteiger charge is -2.09. The van der Waals surface area contributed by atoms with Gasteiger partial charge in [-0.25, -0.2) is 23.1 Å². The van der Waals surface area contributed by atoms with Crippen molar-refractivity contribution < 1.29 is 32.3 Å². The summed E-state index contributed by atoms with van der Waals surface area (Å²) in [6.45, 7) is -0.606. The molecule has 0 aliphatic heterocycles. The first-order chi connectivity index (χ1) is 12.7. The normalized spacial score (nSPS) is 10.7. The number of carbonyl (C=O) groups excluding carboxylic acids is 3. The van der Waals surface area contributed by atoms with E-state index in [1.807, 2.05) is 0 Å². The summed E-state index contributed by atoms with van der Waals surface area (Å²) in [5.41, 5.74) is 0.275. The summed E-state index contributed by atoms with van der Waals surface area (Å²) in [5.74, 6) is -2.22. The second-order valence-electron chi connectivity index (χ2n) is 5.23. The number of amides is 1. The Morgan fingerprint density at radius 2 is 1.52 bits per heavy atom. The number of carbonyl (C=O) groups is 3. The summed E-state index contributed by atoms with van der Waals surface area (Å²) in [6, 6.07) is 11.0. The molecule has 1 amide bonds. The van der Waals surface area contributed by atoms with Crippen LogP contribution in [-0.4, -0.2) is 40.0 Å². The highest BCUT2D eigenvalue weighted by Gasteiger charge is 2.19. The lowest BCUT2D eigenvalue weighted by atomic mass is 10.1. The molecule has 0 bridgehead atoms. The van der Waals surface area contributed by atoms with E-state index in [1.54, 1.807) is 6.07 Å². The van der Waals surface area contributed by atoms with E-state index in [4.69, 9.17) is 9.88 Å². The van der Waals surface area contributed by atoms with Gasteiger partial charge in [0.1, 0.15) is 0 Å². The minimum Gasteiger partial charge on any atom is -0.465 e. The number of anilines is 1. The maximum absolute atomic E-state index is 12.1. The number of hydrogen-bond acceptors (Lipinski definition) is 7. The fourth-order valence-corrected chi connectivity index (χ4v) is 2.60. The van der Waals surface area contributed by atoms with Crippen molar-refractivity contribution in [3.8, 4) is 0 Å². The van der Waals surface area contributed by atoms with E-state index >= 15 is 0 Å². The van der Waals surface area contributed by atoms with Gasteiger partial charge < -0.3 is 14.8 Å². The van der Waals surface area contributed by atoms with Crippen molar-refractivity contribution in [3.63, 3.8) is 0 Å². The molecule has 10 heteroatoms. The third kappa shape index (κ3) is 5.36. The van der Waals surface area contributed by atoms with Gasteiger partial charge in [-0.05, 0) is 36.4 Å². The van der Waals surface area contributed by atoms with Gasteiger partial charge in [0.25, 0.3) is 5.91 Å². The lowest BCUT2D eigenvalue weighted by Crippen LogP contribution is -2.22. The van der Waals surface area contributed by atoms with Gasteiger partial charge >= 0.3 is 11.9 Å². The predicted molar refractivity (Wildman–Crippen MR) is 94.5 cm³/mol. The third-order valence-corrected chi connectivity index (χ3v) is 4.28. The summed E-state index contributed by atoms with van der Waals surface area (Å²) >= 11 is 0. The second-order valence-corrected chi connectivity index (χ2v) is 6.79. The van der Waals surface area contributed by atoms with E-state index in [-0.39, 0.29) is 16.0 Å². The van der Waals surface area contributed by atoms with Crippen LogP contribution in [0.25, 0.3) is 0 Å². The van der Waals surface area contributed by atoms with E-state index in [1.165, 1.54) is 49.6 Å². The maximum Gasteiger partial charge on any atom is 0.339 e. The molecule has 0 radical (unpaired) electrons. The number of esters is 2. The number of ether oxygens (including phenoxy) is 2. The van der Waals surface area contributed by atoms with Gasteiger partial charge in [0.15, 0.2) is 6.61 Å². The van der Waals surface area contributed by atoms with Crippen LogP contribution in [0, 0.1) is 0 Å². The van der Waals surface area contributed by atoms with Gasteiger partial charge in [-0.3, -0.25) is 4.79 Å². The smallest absolute Gasteiger partial charge is 0.339 e. The first-order valence-corrected chi connectivity index (χ1v) is 9.04. The van der Waals surface area contributed by atoms with Crippen LogP contribution in [0.3, 0.4) is 0 Å². The molecule has 0 aliphatic rings. The molecule has 27 heavy (non-hydrogen) atoms. The number of hydrogen-bond donors (Lipinski definition) is 2. The number of sulfonamides is 1. The molecule has 0 atom stereocenters. The van der Waals surface area contributed by atoms with Crippen molar-refractivity contribution in [3.05, 3.63) is 59.7 Å². The Labute approximate surface area is 155 Å². The number of nitrogens with one attached hydrogen (secondary N) is 1. The molecule has 2 aromatic carbocycles. The highest BCUT2D eigenvalue weighted by atomic mass is 32.2. The molecule has 2 aromatic rings. The molecule has 0 fully saturated rings. The Bertz CT molecular complexity index is 969. The van der Waals surface area contributed by atoms with Gasteiger partial charge in [-0.2, -0.15) is 0 Å². The zero-order valence-corrected chi connectivity index (χ0v) is 15.0. The number of nitrogens with two attached hydrogens (primary N) is 1. The Balaban J connectivity index is 1.98. The van der Waals surface area contributed by atoms with E-state index in [9.17, 15) is 22.8 Å². The van der Waals surface area contributed by atoms with Gasteiger partial charge in [0.05, 0.1) is 23.1 Å². The van der Waals surface area contributed by atoms with Crippen molar-refractivity contribution in [2.45, 2.75) is 4.90 Å². The fourth-order valence-electron chi connectivity index (χ4n) is 2.08. The molecule has 0 aromatic heterocycles. The van der Waals surface area contributed by atoms with Crippen molar-refractivity contribution in [2.75, 3.05) is 19.0 Å². The van der Waals surface area contributed by atoms with Crippen LogP contribution in [0.2, 0.25) is 0 Å². The second kappa shape index (κ2) is 8.43. The third-order valence-electron chi connectivity index (χ3n) is 3.35. The van der Waals surface area contributed by atoms with E-state index in [0.29, 0.717) is 5.69 Å². The molecule has 0 heterocycles. The topological polar surface area (TPSA) is 142 Å². The van der Waals surface area contributed by atoms with Crippen molar-refractivity contribution >= 4 is 33.6 Å². The number of benzene rings is 2. The number of primary sulfonamides is 1. The highest BCUT2D eigenvalue weighted by Crippen LogP contribution is 2.14. The van der Waals surface area contributed by atoms with E-state index in [0.717, 1.165) is 0 Å². The van der Waals surface area contributed by atoms with Crippen LogP contribution >= 0.6 is 0 Å². The van der Waals surface area contributed by atoms with Gasteiger partial charge in [-0.1, -0.05) is 12.1 Å². The summed E-state index contributed by atoms with van der Waals surface area (Å²) in [6.07, 6.45) is 0. The van der Waals surface area contributed by atoms with E-state index in [2.05, 4.69) is 10.1 Å². The van der Waals surface area contributed by atoms with Gasteiger partial charge in [0, 0.05) is 5.69 Å². The predicted octanol–water partition coefficient (Wildman–Crippen LogP) is 0.916. The molecule has 0 saturated heterocycles. The van der Waals surface area contributed by atoms with Crippen LogP contribution < -0.4 is 10.5 Å². The van der Waals surface area contributed by atoms with Crippen LogP contribution in [-0.2, 0) is 24.3 Å². The quantitative estimate of drug-likeness (QED) is 0.696. The minimum atomic E-state index is -3.83. The van der Waals surface area contributed by atoms with Crippen molar-refractivity contribution in [1.29, 1.82) is 0 Å². The zero-order chi connectivity index (χ0) is 20.0. The molecule has 0 unspecified atom stereocenters. The first kappa shape index (κ1) is 20.1. The Morgan fingerprint density at radius 3 is 2.04 bits per heavy atom. The highest BCUT2D eigenvalue weighted by molar-refractivity contribution is 7.89. The minimum absolute atomic E-state index is 0.0176. The number of methoxy groups -OCH3 is 1. The van der Waals surface area contributed by atoms with Crippen molar-refractivity contribution in [1.82, 2.24) is 0 Å². The summed E-state index contributed by atoms with van der Waals surface area (Å²) in [7, 11) is -2.65. The standard InChI is InChI=1S/C17H16N2O7S/c1-25-16(21)13-4-2-3-5-14(13)17(22)26-10-15(20)19-11-6-8-12(9-7-11)27(18,23)24/h2-9H,10H2,1H3,(H,19,20)(H2,18,23,24). The largest absolute Gasteiger partial charge is 0.465 e. The van der Waals surface area contributed by atoms with Gasteiger partial charge in [0.2, 0.25) is 10.0 Å². The van der Waals surface area contributed by atoms with Crippen molar-refractivity contribution in [2.24, 2.45) is 5.14 Å². The Hall–Kier alpha value is -3.24. The Kier molecular flexibility index (Phi) is 6.27. The summed E-state index contributed by atoms with van der Waals surface area (Å²) in [5, 5.41) is 7.41. The molecule has 0 saturated carbocycles. The molecule has 2 rings (SSSR count). The molecular formula is C17H16N2O7S. The number of rotatable bonds is 6. The molecule has 0 aliphatic carbocycles. The Morgan fingerprint density at radius 1 is 0.963 bits per heavy atom. The molecule has 9 nitrogen and oxygen atoms in total. The van der Waals surface area contributed by atoms with Crippen LogP contribution in [0.15, 0.2) is 53.4 Å². The molecule has 142 valence electrons. The summed E-state index contributed by atoms with van der Waals surface area (Å²) < 4.78 is 31.8.